The van der Waals surface area contributed by atoms with E-state index in [0.29, 0.717) is 12.4 Å². The number of rotatable bonds is 6. The molecule has 0 amide bonds. The fourth-order valence-corrected chi connectivity index (χ4v) is 1.43. The van der Waals surface area contributed by atoms with Crippen LogP contribution in [0.3, 0.4) is 0 Å². The molecular formula is C10H16F3N3O2. The zero-order valence-electron chi connectivity index (χ0n) is 10.2. The summed E-state index contributed by atoms with van der Waals surface area (Å²) in [5.74, 6) is 0.874. The van der Waals surface area contributed by atoms with E-state index < -0.39 is 12.8 Å². The number of nitrogens with zero attached hydrogens (tertiary/aromatic N) is 3. The molecule has 0 aliphatic heterocycles. The molecule has 0 saturated heterocycles. The molecule has 18 heavy (non-hydrogen) atoms. The summed E-state index contributed by atoms with van der Waals surface area (Å²) < 4.78 is 41.9. The van der Waals surface area contributed by atoms with Crippen molar-refractivity contribution in [2.45, 2.75) is 39.8 Å². The van der Waals surface area contributed by atoms with Crippen LogP contribution in [0.2, 0.25) is 0 Å². The summed E-state index contributed by atoms with van der Waals surface area (Å²) in [6, 6.07) is 0. The van der Waals surface area contributed by atoms with Gasteiger partial charge in [-0.3, -0.25) is 0 Å². The molecule has 1 N–H and O–H groups in total. The summed E-state index contributed by atoms with van der Waals surface area (Å²) >= 11 is 0. The van der Waals surface area contributed by atoms with Gasteiger partial charge in [-0.05, 0) is 5.92 Å². The lowest BCUT2D eigenvalue weighted by Gasteiger charge is -2.12. The number of alkyl halides is 3. The summed E-state index contributed by atoms with van der Waals surface area (Å²) in [6.45, 7) is 2.50. The molecule has 1 heterocycles. The molecule has 0 radical (unpaired) electrons. The number of aromatic nitrogens is 3. The topological polar surface area (TPSA) is 60.2 Å². The van der Waals surface area contributed by atoms with Gasteiger partial charge in [0.2, 0.25) is 0 Å². The molecule has 0 atom stereocenters. The molecule has 0 bridgehead atoms. The molecule has 104 valence electrons. The Morgan fingerprint density at radius 3 is 2.39 bits per heavy atom. The minimum Gasteiger partial charge on any atom is -0.388 e. The van der Waals surface area contributed by atoms with Gasteiger partial charge in [0.05, 0.1) is 0 Å². The predicted molar refractivity (Wildman–Crippen MR) is 56.5 cm³/mol. The Kier molecular flexibility index (Phi) is 5.09. The van der Waals surface area contributed by atoms with Crippen LogP contribution >= 0.6 is 0 Å². The van der Waals surface area contributed by atoms with Crippen LogP contribution in [0.5, 0.6) is 0 Å². The maximum atomic E-state index is 11.9. The van der Waals surface area contributed by atoms with Crippen LogP contribution < -0.4 is 0 Å². The first kappa shape index (κ1) is 14.9. The van der Waals surface area contributed by atoms with E-state index in [4.69, 9.17) is 5.11 Å². The molecule has 0 aromatic carbocycles. The van der Waals surface area contributed by atoms with Gasteiger partial charge in [0.1, 0.15) is 19.8 Å². The second-order valence-electron chi connectivity index (χ2n) is 4.30. The Balaban J connectivity index is 2.67. The number of aliphatic hydroxyl groups excluding tert-OH is 1. The Labute approximate surface area is 103 Å². The Hall–Kier alpha value is -1.15. The summed E-state index contributed by atoms with van der Waals surface area (Å²) in [5, 5.41) is 16.5. The molecule has 1 aromatic heterocycles. The molecule has 1 aromatic rings. The van der Waals surface area contributed by atoms with Crippen molar-refractivity contribution in [3.8, 4) is 0 Å². The quantitative estimate of drug-likeness (QED) is 0.848. The van der Waals surface area contributed by atoms with Gasteiger partial charge in [0, 0.05) is 6.54 Å². The van der Waals surface area contributed by atoms with E-state index in [-0.39, 0.29) is 25.0 Å². The fourth-order valence-electron chi connectivity index (χ4n) is 1.43. The highest BCUT2D eigenvalue weighted by atomic mass is 19.4. The molecule has 0 saturated carbocycles. The molecule has 0 aliphatic rings. The lowest BCUT2D eigenvalue weighted by molar-refractivity contribution is -0.177. The highest BCUT2D eigenvalue weighted by Gasteiger charge is 2.27. The van der Waals surface area contributed by atoms with Crippen molar-refractivity contribution in [1.82, 2.24) is 14.8 Å². The predicted octanol–water partition coefficient (Wildman–Crippen LogP) is 1.51. The number of hydrogen-bond donors (Lipinski definition) is 1. The van der Waals surface area contributed by atoms with E-state index in [0.717, 1.165) is 0 Å². The van der Waals surface area contributed by atoms with Gasteiger partial charge < -0.3 is 14.4 Å². The SMILES string of the molecule is CC(C)Cn1c(CO)nnc1COCC(F)(F)F. The lowest BCUT2D eigenvalue weighted by Crippen LogP contribution is -2.19. The normalized spacial score (nSPS) is 12.4. The zero-order chi connectivity index (χ0) is 13.8. The maximum Gasteiger partial charge on any atom is 0.411 e. The standard InChI is InChI=1S/C10H16F3N3O2/c1-7(2)3-16-8(4-17)14-15-9(16)5-18-6-10(11,12)13/h7,17H,3-6H2,1-2H3. The van der Waals surface area contributed by atoms with Gasteiger partial charge in [0.25, 0.3) is 0 Å². The third-order valence-electron chi connectivity index (χ3n) is 2.09. The molecule has 0 aliphatic carbocycles. The minimum absolute atomic E-state index is 0.257. The van der Waals surface area contributed by atoms with E-state index in [2.05, 4.69) is 14.9 Å². The van der Waals surface area contributed by atoms with Crippen molar-refractivity contribution in [1.29, 1.82) is 0 Å². The lowest BCUT2D eigenvalue weighted by atomic mass is 10.2. The maximum absolute atomic E-state index is 11.9. The Bertz CT molecular complexity index is 377. The molecular weight excluding hydrogens is 251 g/mol. The van der Waals surface area contributed by atoms with Crippen molar-refractivity contribution in [2.75, 3.05) is 6.61 Å². The van der Waals surface area contributed by atoms with Crippen LogP contribution in [0.15, 0.2) is 0 Å². The first-order valence-electron chi connectivity index (χ1n) is 5.49. The largest absolute Gasteiger partial charge is 0.411 e. The van der Waals surface area contributed by atoms with Gasteiger partial charge in [-0.1, -0.05) is 13.8 Å². The van der Waals surface area contributed by atoms with Crippen LogP contribution in [0.1, 0.15) is 25.5 Å². The first-order chi connectivity index (χ1) is 8.33. The van der Waals surface area contributed by atoms with Crippen molar-refractivity contribution >= 4 is 0 Å². The zero-order valence-corrected chi connectivity index (χ0v) is 10.2. The van der Waals surface area contributed by atoms with Crippen molar-refractivity contribution in [3.05, 3.63) is 11.6 Å². The number of halogens is 3. The molecule has 0 fully saturated rings. The summed E-state index contributed by atoms with van der Waals surface area (Å²) in [4.78, 5) is 0. The molecule has 0 spiro atoms. The van der Waals surface area contributed by atoms with Gasteiger partial charge in [-0.25, -0.2) is 0 Å². The monoisotopic (exact) mass is 267 g/mol. The van der Waals surface area contributed by atoms with E-state index >= 15 is 0 Å². The van der Waals surface area contributed by atoms with Crippen LogP contribution in [-0.4, -0.2) is 32.7 Å². The van der Waals surface area contributed by atoms with E-state index in [1.54, 1.807) is 4.57 Å². The number of hydrogen-bond acceptors (Lipinski definition) is 4. The van der Waals surface area contributed by atoms with E-state index in [1.807, 2.05) is 13.8 Å². The van der Waals surface area contributed by atoms with Gasteiger partial charge >= 0.3 is 6.18 Å². The second-order valence-corrected chi connectivity index (χ2v) is 4.30. The van der Waals surface area contributed by atoms with Crippen molar-refractivity contribution < 1.29 is 23.0 Å². The average Bonchev–Trinajstić information content (AvgIpc) is 2.58. The molecule has 8 heteroatoms. The molecule has 1 rings (SSSR count). The second kappa shape index (κ2) is 6.14. The minimum atomic E-state index is -4.36. The highest BCUT2D eigenvalue weighted by molar-refractivity contribution is 4.94. The highest BCUT2D eigenvalue weighted by Crippen LogP contribution is 2.16. The summed E-state index contributed by atoms with van der Waals surface area (Å²) in [6.07, 6.45) is -4.36. The van der Waals surface area contributed by atoms with Crippen molar-refractivity contribution in [3.63, 3.8) is 0 Å². The third kappa shape index (κ3) is 4.61. The van der Waals surface area contributed by atoms with Crippen LogP contribution in [0.25, 0.3) is 0 Å². The molecule has 5 nitrogen and oxygen atoms in total. The van der Waals surface area contributed by atoms with Crippen molar-refractivity contribution in [2.24, 2.45) is 5.92 Å². The van der Waals surface area contributed by atoms with Gasteiger partial charge in [-0.2, -0.15) is 13.2 Å². The first-order valence-corrected chi connectivity index (χ1v) is 5.49. The van der Waals surface area contributed by atoms with Gasteiger partial charge in [0.15, 0.2) is 11.6 Å². The average molecular weight is 267 g/mol. The van der Waals surface area contributed by atoms with Gasteiger partial charge in [-0.15, -0.1) is 10.2 Å². The van der Waals surface area contributed by atoms with E-state index in [9.17, 15) is 13.2 Å². The summed E-state index contributed by atoms with van der Waals surface area (Å²) in [5.41, 5.74) is 0. The Morgan fingerprint density at radius 2 is 1.89 bits per heavy atom. The van der Waals surface area contributed by atoms with Crippen LogP contribution in [0, 0.1) is 5.92 Å². The number of ether oxygens (including phenoxy) is 1. The smallest absolute Gasteiger partial charge is 0.388 e. The Morgan fingerprint density at radius 1 is 1.28 bits per heavy atom. The van der Waals surface area contributed by atoms with E-state index in [1.165, 1.54) is 0 Å². The number of aliphatic hydroxyl groups is 1. The molecule has 0 unspecified atom stereocenters. The summed E-state index contributed by atoms with van der Waals surface area (Å²) in [7, 11) is 0. The van der Waals surface area contributed by atoms with Crippen LogP contribution in [0.4, 0.5) is 13.2 Å². The third-order valence-corrected chi connectivity index (χ3v) is 2.09. The fraction of sp³-hybridized carbons (Fsp3) is 0.800. The van der Waals surface area contributed by atoms with Crippen LogP contribution in [-0.2, 0) is 24.5 Å².